The minimum Gasteiger partial charge on any atom is -0.479 e. The van der Waals surface area contributed by atoms with E-state index in [9.17, 15) is 15.0 Å². The van der Waals surface area contributed by atoms with Crippen LogP contribution in [0.2, 0.25) is 0 Å². The van der Waals surface area contributed by atoms with Gasteiger partial charge in [-0.2, -0.15) is 0 Å². The van der Waals surface area contributed by atoms with Gasteiger partial charge in [-0.1, -0.05) is 0 Å². The number of aliphatic hydroxyl groups excluding tert-OH is 2. The quantitative estimate of drug-likeness (QED) is 0.514. The van der Waals surface area contributed by atoms with E-state index in [-0.39, 0.29) is 0 Å². The Bertz CT molecular complexity index is 218. The monoisotopic (exact) mass is 206 g/mol. The van der Waals surface area contributed by atoms with Gasteiger partial charge in [-0.05, 0) is 6.92 Å². The van der Waals surface area contributed by atoms with Crippen molar-refractivity contribution in [2.75, 3.05) is 7.11 Å². The van der Waals surface area contributed by atoms with Crippen molar-refractivity contribution in [3.63, 3.8) is 0 Å². The van der Waals surface area contributed by atoms with E-state index < -0.39 is 36.5 Å². The SMILES string of the molecule is CO[C@@H]1C(O)C(C)OC(C(=O)O)[C@H]1O. The molecule has 6 heteroatoms. The molecular formula is C8H14O6. The molecule has 0 bridgehead atoms. The van der Waals surface area contributed by atoms with Crippen molar-refractivity contribution in [2.24, 2.45) is 0 Å². The molecule has 0 aromatic carbocycles. The number of aliphatic carboxylic acids is 1. The first kappa shape index (κ1) is 11.4. The Labute approximate surface area is 81.1 Å². The van der Waals surface area contributed by atoms with Gasteiger partial charge in [0.1, 0.15) is 18.3 Å². The first-order valence-electron chi connectivity index (χ1n) is 4.26. The zero-order chi connectivity index (χ0) is 10.9. The van der Waals surface area contributed by atoms with E-state index in [1.54, 1.807) is 0 Å². The zero-order valence-corrected chi connectivity index (χ0v) is 7.95. The van der Waals surface area contributed by atoms with Crippen LogP contribution in [-0.4, -0.2) is 58.9 Å². The summed E-state index contributed by atoms with van der Waals surface area (Å²) in [5, 5.41) is 27.7. The van der Waals surface area contributed by atoms with E-state index in [2.05, 4.69) is 0 Å². The van der Waals surface area contributed by atoms with Crippen LogP contribution in [0.25, 0.3) is 0 Å². The van der Waals surface area contributed by atoms with Crippen LogP contribution >= 0.6 is 0 Å². The van der Waals surface area contributed by atoms with Gasteiger partial charge in [0.15, 0.2) is 6.10 Å². The van der Waals surface area contributed by atoms with Crippen molar-refractivity contribution in [3.05, 3.63) is 0 Å². The first-order valence-corrected chi connectivity index (χ1v) is 4.26. The number of carbonyl (C=O) groups is 1. The van der Waals surface area contributed by atoms with Crippen LogP contribution in [0.3, 0.4) is 0 Å². The van der Waals surface area contributed by atoms with Gasteiger partial charge in [0.05, 0.1) is 6.10 Å². The molecule has 1 heterocycles. The highest BCUT2D eigenvalue weighted by atomic mass is 16.6. The van der Waals surface area contributed by atoms with Gasteiger partial charge in [0, 0.05) is 7.11 Å². The van der Waals surface area contributed by atoms with E-state index in [1.807, 2.05) is 0 Å². The molecule has 5 atom stereocenters. The molecule has 0 spiro atoms. The number of rotatable bonds is 2. The highest BCUT2D eigenvalue weighted by molar-refractivity contribution is 5.73. The summed E-state index contributed by atoms with van der Waals surface area (Å²) in [7, 11) is 1.30. The van der Waals surface area contributed by atoms with Gasteiger partial charge in [-0.25, -0.2) is 4.79 Å². The molecule has 0 amide bonds. The van der Waals surface area contributed by atoms with E-state index in [0.29, 0.717) is 0 Å². The van der Waals surface area contributed by atoms with Crippen molar-refractivity contribution < 1.29 is 29.6 Å². The molecule has 0 saturated carbocycles. The standard InChI is InChI=1S/C8H14O6/c1-3-4(9)6(13-2)5(10)7(14-3)8(11)12/h3-7,9-10H,1-2H3,(H,11,12)/t3?,4?,5-,6+,7?/m0/s1. The molecule has 14 heavy (non-hydrogen) atoms. The Morgan fingerprint density at radius 2 is 1.93 bits per heavy atom. The van der Waals surface area contributed by atoms with Crippen molar-refractivity contribution >= 4 is 5.97 Å². The molecule has 6 nitrogen and oxygen atoms in total. The van der Waals surface area contributed by atoms with Crippen LogP contribution in [0.5, 0.6) is 0 Å². The maximum absolute atomic E-state index is 10.7. The molecule has 1 rings (SSSR count). The Kier molecular flexibility index (Phi) is 3.43. The van der Waals surface area contributed by atoms with E-state index in [4.69, 9.17) is 14.6 Å². The van der Waals surface area contributed by atoms with Crippen molar-refractivity contribution in [1.29, 1.82) is 0 Å². The second-order valence-electron chi connectivity index (χ2n) is 3.28. The Morgan fingerprint density at radius 3 is 2.36 bits per heavy atom. The predicted octanol–water partition coefficient (Wildman–Crippen LogP) is -1.40. The fourth-order valence-corrected chi connectivity index (χ4v) is 1.52. The van der Waals surface area contributed by atoms with E-state index in [0.717, 1.165) is 0 Å². The highest BCUT2D eigenvalue weighted by Crippen LogP contribution is 2.22. The summed E-state index contributed by atoms with van der Waals surface area (Å²) < 4.78 is 9.75. The van der Waals surface area contributed by atoms with Crippen LogP contribution < -0.4 is 0 Å². The average molecular weight is 206 g/mol. The number of hydrogen-bond donors (Lipinski definition) is 3. The molecule has 0 aliphatic carbocycles. The van der Waals surface area contributed by atoms with Gasteiger partial charge in [0.2, 0.25) is 0 Å². The third-order valence-corrected chi connectivity index (χ3v) is 2.34. The number of methoxy groups -OCH3 is 1. The summed E-state index contributed by atoms with van der Waals surface area (Å²) in [6.45, 7) is 1.53. The van der Waals surface area contributed by atoms with Gasteiger partial charge in [0.25, 0.3) is 0 Å². The number of carboxylic acids is 1. The first-order chi connectivity index (χ1) is 6.49. The minimum absolute atomic E-state index is 0.676. The zero-order valence-electron chi connectivity index (χ0n) is 7.95. The normalized spacial score (nSPS) is 43.6. The number of hydrogen-bond acceptors (Lipinski definition) is 5. The van der Waals surface area contributed by atoms with E-state index in [1.165, 1.54) is 14.0 Å². The lowest BCUT2D eigenvalue weighted by Crippen LogP contribution is -2.59. The van der Waals surface area contributed by atoms with Crippen LogP contribution in [0.15, 0.2) is 0 Å². The van der Waals surface area contributed by atoms with Crippen molar-refractivity contribution in [1.82, 2.24) is 0 Å². The third kappa shape index (κ3) is 1.88. The highest BCUT2D eigenvalue weighted by Gasteiger charge is 2.46. The summed E-state index contributed by atoms with van der Waals surface area (Å²) in [5.41, 5.74) is 0. The second-order valence-corrected chi connectivity index (χ2v) is 3.28. The molecule has 82 valence electrons. The van der Waals surface area contributed by atoms with Gasteiger partial charge < -0.3 is 24.8 Å². The summed E-state index contributed by atoms with van der Waals surface area (Å²) in [5.74, 6) is -1.27. The molecule has 3 unspecified atom stereocenters. The number of aliphatic hydroxyl groups is 2. The lowest BCUT2D eigenvalue weighted by atomic mass is 9.95. The van der Waals surface area contributed by atoms with Crippen LogP contribution in [0, 0.1) is 0 Å². The maximum atomic E-state index is 10.7. The molecule has 0 aromatic rings. The van der Waals surface area contributed by atoms with E-state index >= 15 is 0 Å². The van der Waals surface area contributed by atoms with Crippen LogP contribution in [0.1, 0.15) is 6.92 Å². The molecule has 1 saturated heterocycles. The lowest BCUT2D eigenvalue weighted by molar-refractivity contribution is -0.229. The van der Waals surface area contributed by atoms with Gasteiger partial charge >= 0.3 is 5.97 Å². The fourth-order valence-electron chi connectivity index (χ4n) is 1.52. The average Bonchev–Trinajstić information content (AvgIpc) is 2.12. The second kappa shape index (κ2) is 4.22. The molecule has 0 aromatic heterocycles. The lowest BCUT2D eigenvalue weighted by Gasteiger charge is -2.39. The van der Waals surface area contributed by atoms with Crippen molar-refractivity contribution in [2.45, 2.75) is 37.4 Å². The van der Waals surface area contributed by atoms with Gasteiger partial charge in [-0.3, -0.25) is 0 Å². The smallest absolute Gasteiger partial charge is 0.335 e. The van der Waals surface area contributed by atoms with Crippen LogP contribution in [0.4, 0.5) is 0 Å². The summed E-state index contributed by atoms with van der Waals surface area (Å²) in [4.78, 5) is 10.7. The molecular weight excluding hydrogens is 192 g/mol. The molecule has 3 N–H and O–H groups in total. The summed E-state index contributed by atoms with van der Waals surface area (Å²) in [6.07, 6.45) is -5.34. The minimum atomic E-state index is -1.36. The van der Waals surface area contributed by atoms with Crippen molar-refractivity contribution in [3.8, 4) is 0 Å². The topological polar surface area (TPSA) is 96.2 Å². The number of carboxylic acid groups (broad SMARTS) is 1. The number of ether oxygens (including phenoxy) is 2. The van der Waals surface area contributed by atoms with Gasteiger partial charge in [-0.15, -0.1) is 0 Å². The Morgan fingerprint density at radius 1 is 1.36 bits per heavy atom. The largest absolute Gasteiger partial charge is 0.479 e. The maximum Gasteiger partial charge on any atom is 0.335 e. The summed E-state index contributed by atoms with van der Waals surface area (Å²) >= 11 is 0. The predicted molar refractivity (Wildman–Crippen MR) is 44.8 cm³/mol. The third-order valence-electron chi connectivity index (χ3n) is 2.34. The Hall–Kier alpha value is -0.690. The molecule has 1 aliphatic heterocycles. The Balaban J connectivity index is 2.80. The summed E-state index contributed by atoms with van der Waals surface area (Å²) in [6, 6.07) is 0. The van der Waals surface area contributed by atoms with Crippen LogP contribution in [-0.2, 0) is 14.3 Å². The molecule has 0 radical (unpaired) electrons. The molecule has 1 aliphatic rings. The fraction of sp³-hybridized carbons (Fsp3) is 0.875. The molecule has 1 fully saturated rings.